The van der Waals surface area contributed by atoms with Gasteiger partial charge in [-0.3, -0.25) is 0 Å². The van der Waals surface area contributed by atoms with Gasteiger partial charge in [0.15, 0.2) is 0 Å². The van der Waals surface area contributed by atoms with Crippen LogP contribution in [-0.2, 0) is 33.3 Å². The van der Waals surface area contributed by atoms with E-state index in [1.807, 2.05) is 0 Å². The monoisotopic (exact) mass is 564 g/mol. The third-order valence-corrected chi connectivity index (χ3v) is 5.15. The number of carbonyl (C=O) groups excluding carboxylic acids is 5. The number of ether oxygens (including phenoxy) is 5. The van der Waals surface area contributed by atoms with Crippen molar-refractivity contribution >= 4 is 29.8 Å². The Balaban J connectivity index is 2.20. The van der Waals surface area contributed by atoms with Crippen LogP contribution in [-0.4, -0.2) is 56.3 Å². The van der Waals surface area contributed by atoms with Crippen molar-refractivity contribution in [1.82, 2.24) is 0 Å². The smallest absolute Gasteiger partial charge is 0.338 e. The summed E-state index contributed by atoms with van der Waals surface area (Å²) in [5.74, 6) is -2.91. The summed E-state index contributed by atoms with van der Waals surface area (Å²) in [6.07, 6.45) is 0.257. The molecule has 2 aromatic rings. The number of benzene rings is 2. The van der Waals surface area contributed by atoms with Crippen molar-refractivity contribution in [3.05, 3.63) is 90.0 Å². The molecule has 0 unspecified atom stereocenters. The first-order valence-corrected chi connectivity index (χ1v) is 12.5. The highest BCUT2D eigenvalue weighted by atomic mass is 16.6. The Morgan fingerprint density at radius 1 is 0.561 bits per heavy atom. The lowest BCUT2D eigenvalue weighted by Crippen LogP contribution is -2.15. The third-order valence-electron chi connectivity index (χ3n) is 5.15. The van der Waals surface area contributed by atoms with Gasteiger partial charge in [0.05, 0.1) is 24.3 Å². The molecule has 0 N–H and O–H groups in total. The molecular weight excluding hydrogens is 532 g/mol. The van der Waals surface area contributed by atoms with Crippen LogP contribution in [0.1, 0.15) is 47.9 Å². The van der Waals surface area contributed by atoms with Crippen LogP contribution in [0.25, 0.3) is 11.1 Å². The van der Waals surface area contributed by atoms with Crippen molar-refractivity contribution < 1.29 is 47.7 Å². The molecule has 10 heteroatoms. The van der Waals surface area contributed by atoms with Crippen molar-refractivity contribution in [3.8, 4) is 16.9 Å². The summed E-state index contributed by atoms with van der Waals surface area (Å²) in [7, 11) is 0. The van der Waals surface area contributed by atoms with Gasteiger partial charge in [0.1, 0.15) is 19.0 Å². The van der Waals surface area contributed by atoms with E-state index in [9.17, 15) is 24.0 Å². The zero-order valence-corrected chi connectivity index (χ0v) is 23.3. The van der Waals surface area contributed by atoms with Gasteiger partial charge in [-0.15, -0.1) is 0 Å². The number of carbonyl (C=O) groups is 5. The van der Waals surface area contributed by atoms with Gasteiger partial charge in [-0.2, -0.15) is 0 Å². The zero-order chi connectivity index (χ0) is 30.5. The summed E-state index contributed by atoms with van der Waals surface area (Å²) >= 11 is 0. The minimum Gasteiger partial charge on any atom is -0.462 e. The molecule has 216 valence electrons. The van der Waals surface area contributed by atoms with E-state index >= 15 is 0 Å². The fourth-order valence-corrected chi connectivity index (χ4v) is 3.01. The molecule has 0 aliphatic heterocycles. The third kappa shape index (κ3) is 10.6. The highest BCUT2D eigenvalue weighted by molar-refractivity contribution is 5.97. The second-order valence-electron chi connectivity index (χ2n) is 8.95. The highest BCUT2D eigenvalue weighted by Crippen LogP contribution is 2.26. The SMILES string of the molecule is C=C(C)C(=O)OCCCOC(=O)c1cc(C(=O)OCCOC(=O)C(=C)C)cc(-c2ccc(OC(=O)C(=C)C)cc2)c1. The van der Waals surface area contributed by atoms with Gasteiger partial charge >= 0.3 is 29.8 Å². The van der Waals surface area contributed by atoms with E-state index in [1.54, 1.807) is 24.3 Å². The predicted octanol–water partition coefficient (Wildman–Crippen LogP) is 4.78. The molecule has 0 atom stereocenters. The van der Waals surface area contributed by atoms with E-state index in [4.69, 9.17) is 23.7 Å². The molecule has 0 fully saturated rings. The second-order valence-corrected chi connectivity index (χ2v) is 8.95. The Bertz CT molecular complexity index is 1350. The second kappa shape index (κ2) is 15.6. The number of rotatable bonds is 14. The number of esters is 5. The quantitative estimate of drug-likeness (QED) is 0.104. The molecule has 0 aliphatic rings. The molecular formula is C31H32O10. The van der Waals surface area contributed by atoms with Crippen LogP contribution in [0.3, 0.4) is 0 Å². The van der Waals surface area contributed by atoms with E-state index in [-0.39, 0.29) is 66.4 Å². The molecule has 2 aromatic carbocycles. The normalized spacial score (nSPS) is 10.1. The fourth-order valence-electron chi connectivity index (χ4n) is 3.01. The van der Waals surface area contributed by atoms with Crippen molar-refractivity contribution in [2.45, 2.75) is 27.2 Å². The first-order valence-electron chi connectivity index (χ1n) is 12.5. The van der Waals surface area contributed by atoms with Gasteiger partial charge < -0.3 is 23.7 Å². The molecule has 0 heterocycles. The molecule has 0 amide bonds. The standard InChI is InChI=1S/C31H32O10/c1-19(2)27(32)37-12-7-13-38-30(35)24-16-23(22-8-10-26(11-9-22)41-29(34)21(5)6)17-25(18-24)31(36)40-15-14-39-28(33)20(3)4/h8-11,16-18H,1,3,5,7,12-15H2,2,4,6H3. The minimum absolute atomic E-state index is 0.0365. The Hall–Kier alpha value is -4.99. The van der Waals surface area contributed by atoms with Crippen LogP contribution < -0.4 is 4.74 Å². The average molecular weight is 565 g/mol. The van der Waals surface area contributed by atoms with Crippen molar-refractivity contribution in [2.24, 2.45) is 0 Å². The Kier molecular flexibility index (Phi) is 12.2. The highest BCUT2D eigenvalue weighted by Gasteiger charge is 2.17. The fraction of sp³-hybridized carbons (Fsp3) is 0.258. The van der Waals surface area contributed by atoms with E-state index in [0.29, 0.717) is 11.1 Å². The lowest BCUT2D eigenvalue weighted by atomic mass is 9.99. The molecule has 0 spiro atoms. The Labute approximate surface area is 238 Å². The van der Waals surface area contributed by atoms with Crippen LogP contribution in [0.15, 0.2) is 78.9 Å². The first kappa shape index (κ1) is 32.2. The van der Waals surface area contributed by atoms with Crippen molar-refractivity contribution in [1.29, 1.82) is 0 Å². The zero-order valence-electron chi connectivity index (χ0n) is 23.3. The van der Waals surface area contributed by atoms with Gasteiger partial charge in [-0.25, -0.2) is 24.0 Å². The molecule has 10 nitrogen and oxygen atoms in total. The van der Waals surface area contributed by atoms with Gasteiger partial charge in [0.2, 0.25) is 0 Å². The molecule has 0 radical (unpaired) electrons. The predicted molar refractivity (Wildman–Crippen MR) is 149 cm³/mol. The molecule has 0 saturated heterocycles. The molecule has 0 aliphatic carbocycles. The maximum absolute atomic E-state index is 12.8. The van der Waals surface area contributed by atoms with Gasteiger partial charge in [0.25, 0.3) is 0 Å². The summed E-state index contributed by atoms with van der Waals surface area (Å²) in [6.45, 7) is 14.7. The summed E-state index contributed by atoms with van der Waals surface area (Å²) in [5, 5.41) is 0. The van der Waals surface area contributed by atoms with E-state index in [0.717, 1.165) is 0 Å². The van der Waals surface area contributed by atoms with Crippen LogP contribution in [0.4, 0.5) is 0 Å². The average Bonchev–Trinajstić information content (AvgIpc) is 2.94. The van der Waals surface area contributed by atoms with Crippen LogP contribution in [0.5, 0.6) is 5.75 Å². The summed E-state index contributed by atoms with van der Waals surface area (Å²) in [6, 6.07) is 10.8. The number of hydrogen-bond donors (Lipinski definition) is 0. The maximum atomic E-state index is 12.8. The van der Waals surface area contributed by atoms with Crippen molar-refractivity contribution in [2.75, 3.05) is 26.4 Å². The Morgan fingerprint density at radius 2 is 1.00 bits per heavy atom. The minimum atomic E-state index is -0.758. The topological polar surface area (TPSA) is 132 Å². The van der Waals surface area contributed by atoms with E-state index < -0.39 is 29.8 Å². The van der Waals surface area contributed by atoms with E-state index in [1.165, 1.54) is 39.0 Å². The van der Waals surface area contributed by atoms with Crippen LogP contribution in [0.2, 0.25) is 0 Å². The molecule has 41 heavy (non-hydrogen) atoms. The molecule has 0 saturated carbocycles. The van der Waals surface area contributed by atoms with Crippen LogP contribution >= 0.6 is 0 Å². The lowest BCUT2D eigenvalue weighted by Gasteiger charge is -2.12. The molecule has 0 bridgehead atoms. The molecule has 0 aromatic heterocycles. The summed E-state index contributed by atoms with van der Waals surface area (Å²) in [4.78, 5) is 60.4. The first-order chi connectivity index (χ1) is 19.4. The Morgan fingerprint density at radius 3 is 1.51 bits per heavy atom. The van der Waals surface area contributed by atoms with Gasteiger partial charge in [-0.05, 0) is 62.2 Å². The number of hydrogen-bond acceptors (Lipinski definition) is 10. The summed E-state index contributed by atoms with van der Waals surface area (Å²) in [5.41, 5.74) is 1.91. The summed E-state index contributed by atoms with van der Waals surface area (Å²) < 4.78 is 25.6. The molecule has 2 rings (SSSR count). The van der Waals surface area contributed by atoms with Crippen LogP contribution in [0, 0.1) is 0 Å². The van der Waals surface area contributed by atoms with Crippen molar-refractivity contribution in [3.63, 3.8) is 0 Å². The van der Waals surface area contributed by atoms with E-state index in [2.05, 4.69) is 19.7 Å². The lowest BCUT2D eigenvalue weighted by molar-refractivity contribution is -0.140. The largest absolute Gasteiger partial charge is 0.462 e. The van der Waals surface area contributed by atoms with Gasteiger partial charge in [-0.1, -0.05) is 31.9 Å². The van der Waals surface area contributed by atoms with Gasteiger partial charge in [0, 0.05) is 23.1 Å². The maximum Gasteiger partial charge on any atom is 0.338 e.